The van der Waals surface area contributed by atoms with Crippen molar-refractivity contribution in [1.82, 2.24) is 10.5 Å². The number of rotatable bonds is 4. The van der Waals surface area contributed by atoms with Crippen molar-refractivity contribution in [3.63, 3.8) is 0 Å². The number of anilines is 1. The first-order valence-corrected chi connectivity index (χ1v) is 8.09. The molecular formula is C16H15N3O4S. The average molecular weight is 345 g/mol. The van der Waals surface area contributed by atoms with E-state index in [2.05, 4.69) is 15.8 Å². The summed E-state index contributed by atoms with van der Waals surface area (Å²) in [5.74, 6) is -1.04. The summed E-state index contributed by atoms with van der Waals surface area (Å²) in [6.45, 7) is 1.61. The van der Waals surface area contributed by atoms with Crippen molar-refractivity contribution in [1.29, 1.82) is 0 Å². The number of nitrogens with one attached hydrogen (secondary N) is 2. The van der Waals surface area contributed by atoms with Gasteiger partial charge in [-0.05, 0) is 23.8 Å². The fraction of sp³-hybridized carbons (Fsp3) is 0.188. The van der Waals surface area contributed by atoms with Gasteiger partial charge in [-0.25, -0.2) is 0 Å². The molecule has 3 aromatic rings. The van der Waals surface area contributed by atoms with Crippen LogP contribution >= 0.6 is 11.3 Å². The molecule has 2 amide bonds. The van der Waals surface area contributed by atoms with Gasteiger partial charge in [0.05, 0.1) is 6.10 Å². The minimum absolute atomic E-state index is 0.0647. The van der Waals surface area contributed by atoms with Crippen molar-refractivity contribution >= 4 is 39.1 Å². The number of aryl methyl sites for hydroxylation is 1. The summed E-state index contributed by atoms with van der Waals surface area (Å²) >= 11 is 1.52. The van der Waals surface area contributed by atoms with Crippen LogP contribution < -0.4 is 10.6 Å². The maximum atomic E-state index is 11.8. The van der Waals surface area contributed by atoms with E-state index >= 15 is 0 Å². The van der Waals surface area contributed by atoms with Crippen LogP contribution in [0.5, 0.6) is 0 Å². The molecule has 2 aromatic heterocycles. The topological polar surface area (TPSA) is 104 Å². The van der Waals surface area contributed by atoms with E-state index < -0.39 is 17.9 Å². The second-order valence-electron chi connectivity index (χ2n) is 5.19. The van der Waals surface area contributed by atoms with Gasteiger partial charge >= 0.3 is 11.8 Å². The lowest BCUT2D eigenvalue weighted by Gasteiger charge is -2.11. The van der Waals surface area contributed by atoms with E-state index in [4.69, 9.17) is 4.52 Å². The number of benzene rings is 1. The van der Waals surface area contributed by atoms with Crippen LogP contribution in [0, 0.1) is 6.92 Å². The van der Waals surface area contributed by atoms with E-state index in [9.17, 15) is 14.7 Å². The number of carbonyl (C=O) groups is 2. The molecule has 24 heavy (non-hydrogen) atoms. The van der Waals surface area contributed by atoms with Gasteiger partial charge in [0, 0.05) is 22.9 Å². The summed E-state index contributed by atoms with van der Waals surface area (Å²) in [5, 5.41) is 21.3. The molecule has 0 bridgehead atoms. The Kier molecular flexibility index (Phi) is 4.59. The molecule has 3 N–H and O–H groups in total. The molecule has 1 atom stereocenters. The number of nitrogens with zero attached hydrogens (tertiary/aromatic N) is 1. The van der Waals surface area contributed by atoms with Crippen LogP contribution in [0.4, 0.5) is 5.82 Å². The molecule has 2 heterocycles. The number of thiophene rings is 1. The molecule has 3 rings (SSSR count). The number of hydrogen-bond donors (Lipinski definition) is 3. The van der Waals surface area contributed by atoms with Gasteiger partial charge in [-0.15, -0.1) is 11.3 Å². The Morgan fingerprint density at radius 2 is 2.12 bits per heavy atom. The fourth-order valence-electron chi connectivity index (χ4n) is 2.23. The van der Waals surface area contributed by atoms with Crippen LogP contribution in [-0.4, -0.2) is 28.6 Å². The summed E-state index contributed by atoms with van der Waals surface area (Å²) in [6, 6.07) is 9.18. The highest BCUT2D eigenvalue weighted by Crippen LogP contribution is 2.29. The Morgan fingerprint density at radius 1 is 1.33 bits per heavy atom. The van der Waals surface area contributed by atoms with Gasteiger partial charge in [0.1, 0.15) is 5.76 Å². The molecule has 8 heteroatoms. The molecule has 0 unspecified atom stereocenters. The van der Waals surface area contributed by atoms with E-state index in [1.54, 1.807) is 6.92 Å². The average Bonchev–Trinajstić information content (AvgIpc) is 3.18. The SMILES string of the molecule is Cc1cc(NC(=O)C(=O)NC[C@H](O)c2csc3ccccc23)no1. The zero-order valence-electron chi connectivity index (χ0n) is 12.8. The third kappa shape index (κ3) is 3.44. The van der Waals surface area contributed by atoms with Crippen molar-refractivity contribution < 1.29 is 19.2 Å². The van der Waals surface area contributed by atoms with Gasteiger partial charge in [0.15, 0.2) is 5.82 Å². The van der Waals surface area contributed by atoms with Crippen LogP contribution in [0.15, 0.2) is 40.2 Å². The van der Waals surface area contributed by atoms with Crippen LogP contribution in [0.2, 0.25) is 0 Å². The lowest BCUT2D eigenvalue weighted by atomic mass is 10.1. The number of carbonyl (C=O) groups excluding carboxylic acids is 2. The third-order valence-corrected chi connectivity index (χ3v) is 4.38. The summed E-state index contributed by atoms with van der Waals surface area (Å²) in [4.78, 5) is 23.6. The summed E-state index contributed by atoms with van der Waals surface area (Å²) < 4.78 is 5.85. The molecule has 0 radical (unpaired) electrons. The first-order chi connectivity index (χ1) is 11.5. The van der Waals surface area contributed by atoms with Crippen molar-refractivity contribution in [2.45, 2.75) is 13.0 Å². The van der Waals surface area contributed by atoms with E-state index in [-0.39, 0.29) is 12.4 Å². The normalized spacial score (nSPS) is 12.1. The van der Waals surface area contributed by atoms with Gasteiger partial charge in [-0.3, -0.25) is 14.9 Å². The number of aromatic nitrogens is 1. The smallest absolute Gasteiger partial charge is 0.314 e. The van der Waals surface area contributed by atoms with Gasteiger partial charge in [-0.2, -0.15) is 0 Å². The highest BCUT2D eigenvalue weighted by Gasteiger charge is 2.18. The first-order valence-electron chi connectivity index (χ1n) is 7.21. The van der Waals surface area contributed by atoms with E-state index in [1.807, 2.05) is 29.6 Å². The maximum Gasteiger partial charge on any atom is 0.314 e. The lowest BCUT2D eigenvalue weighted by molar-refractivity contribution is -0.136. The lowest BCUT2D eigenvalue weighted by Crippen LogP contribution is -2.37. The van der Waals surface area contributed by atoms with Crippen molar-refractivity contribution in [3.8, 4) is 0 Å². The Balaban J connectivity index is 1.58. The van der Waals surface area contributed by atoms with Crippen LogP contribution in [0.25, 0.3) is 10.1 Å². The monoisotopic (exact) mass is 345 g/mol. The molecule has 0 saturated carbocycles. The molecule has 124 valence electrons. The number of hydrogen-bond acceptors (Lipinski definition) is 6. The summed E-state index contributed by atoms with van der Waals surface area (Å²) in [6.07, 6.45) is -0.896. The van der Waals surface area contributed by atoms with Crippen LogP contribution in [-0.2, 0) is 9.59 Å². The van der Waals surface area contributed by atoms with Crippen molar-refractivity contribution in [3.05, 3.63) is 47.0 Å². The van der Waals surface area contributed by atoms with E-state index in [0.29, 0.717) is 5.76 Å². The highest BCUT2D eigenvalue weighted by molar-refractivity contribution is 7.17. The Labute approximate surface area is 141 Å². The molecule has 0 aliphatic rings. The standard InChI is InChI=1S/C16H15N3O4S/c1-9-6-14(19-23-9)18-16(22)15(21)17-7-12(20)11-8-24-13-5-3-2-4-10(11)13/h2-6,8,12,20H,7H2,1H3,(H,17,21)(H,18,19,22)/t12-/m0/s1. The van der Waals surface area contributed by atoms with Gasteiger partial charge < -0.3 is 14.9 Å². The summed E-state index contributed by atoms with van der Waals surface area (Å²) in [7, 11) is 0. The zero-order valence-corrected chi connectivity index (χ0v) is 13.6. The van der Waals surface area contributed by atoms with Crippen molar-refractivity contribution in [2.24, 2.45) is 0 Å². The quantitative estimate of drug-likeness (QED) is 0.627. The maximum absolute atomic E-state index is 11.8. The largest absolute Gasteiger partial charge is 0.387 e. The molecule has 0 saturated heterocycles. The molecule has 0 aliphatic carbocycles. The highest BCUT2D eigenvalue weighted by atomic mass is 32.1. The Morgan fingerprint density at radius 3 is 2.88 bits per heavy atom. The molecule has 0 spiro atoms. The first kappa shape index (κ1) is 16.2. The number of fused-ring (bicyclic) bond motifs is 1. The Hall–Kier alpha value is -2.71. The molecule has 1 aromatic carbocycles. The van der Waals surface area contributed by atoms with Gasteiger partial charge in [-0.1, -0.05) is 23.4 Å². The fourth-order valence-corrected chi connectivity index (χ4v) is 3.24. The van der Waals surface area contributed by atoms with Crippen LogP contribution in [0.3, 0.4) is 0 Å². The molecule has 0 aliphatic heterocycles. The predicted molar refractivity (Wildman–Crippen MR) is 89.7 cm³/mol. The predicted octanol–water partition coefficient (Wildman–Crippen LogP) is 1.99. The van der Waals surface area contributed by atoms with Crippen LogP contribution in [0.1, 0.15) is 17.4 Å². The van der Waals surface area contributed by atoms with Crippen molar-refractivity contribution in [2.75, 3.05) is 11.9 Å². The molecule has 7 nitrogen and oxygen atoms in total. The number of aliphatic hydroxyl groups excluding tert-OH is 1. The second-order valence-corrected chi connectivity index (χ2v) is 6.10. The van der Waals surface area contributed by atoms with E-state index in [1.165, 1.54) is 17.4 Å². The molecular weight excluding hydrogens is 330 g/mol. The molecule has 0 fully saturated rings. The third-order valence-electron chi connectivity index (χ3n) is 3.40. The minimum Gasteiger partial charge on any atom is -0.387 e. The van der Waals surface area contributed by atoms with Gasteiger partial charge in [0.2, 0.25) is 0 Å². The van der Waals surface area contributed by atoms with Gasteiger partial charge in [0.25, 0.3) is 0 Å². The number of amides is 2. The minimum atomic E-state index is -0.896. The second kappa shape index (κ2) is 6.81. The number of aliphatic hydroxyl groups is 1. The van der Waals surface area contributed by atoms with E-state index in [0.717, 1.165) is 15.6 Å². The zero-order chi connectivity index (χ0) is 17.1. The Bertz CT molecular complexity index is 886. The summed E-state index contributed by atoms with van der Waals surface area (Å²) in [5.41, 5.74) is 0.725.